The molecule has 7 heteroatoms. The minimum atomic E-state index is -0.897. The molecular weight excluding hydrogens is 240 g/mol. The van der Waals surface area contributed by atoms with Gasteiger partial charge in [0.2, 0.25) is 5.91 Å². The first-order chi connectivity index (χ1) is 6.97. The molecule has 0 radical (unpaired) electrons. The predicted octanol–water partition coefficient (Wildman–Crippen LogP) is 0.208. The lowest BCUT2D eigenvalue weighted by Crippen LogP contribution is -2.41. The molecule has 0 aliphatic heterocycles. The third kappa shape index (κ3) is 7.33. The fraction of sp³-hybridized carbons (Fsp3) is 0.750. The van der Waals surface area contributed by atoms with Gasteiger partial charge in [-0.1, -0.05) is 6.92 Å². The van der Waals surface area contributed by atoms with Crippen molar-refractivity contribution >= 4 is 34.3 Å². The first-order valence-electron chi connectivity index (χ1n) is 4.43. The molecule has 3 amide bonds. The van der Waals surface area contributed by atoms with Crippen molar-refractivity contribution in [2.45, 2.75) is 18.6 Å². The Kier molecular flexibility index (Phi) is 7.33. The molecule has 0 aromatic rings. The van der Waals surface area contributed by atoms with Crippen molar-refractivity contribution in [2.24, 2.45) is 0 Å². The standard InChI is InChI=1S/C8H15ClN2O3S/c1-6(15(2)14)3-4-10-8(13)11-7(12)5-9/h6H,3-5H2,1-2H3,(H2,10,11,12,13). The Morgan fingerprint density at radius 1 is 1.47 bits per heavy atom. The Bertz CT molecular complexity index is 260. The summed E-state index contributed by atoms with van der Waals surface area (Å²) in [6.45, 7) is 2.21. The van der Waals surface area contributed by atoms with E-state index in [4.69, 9.17) is 11.6 Å². The number of amides is 3. The molecule has 2 unspecified atom stereocenters. The molecule has 0 aliphatic rings. The van der Waals surface area contributed by atoms with Crippen LogP contribution in [0.4, 0.5) is 4.79 Å². The highest BCUT2D eigenvalue weighted by molar-refractivity contribution is 7.84. The van der Waals surface area contributed by atoms with E-state index < -0.39 is 22.7 Å². The molecule has 0 fully saturated rings. The van der Waals surface area contributed by atoms with E-state index in [1.165, 1.54) is 0 Å². The monoisotopic (exact) mass is 254 g/mol. The molecule has 0 rings (SSSR count). The van der Waals surface area contributed by atoms with E-state index in [2.05, 4.69) is 5.32 Å². The van der Waals surface area contributed by atoms with Crippen molar-refractivity contribution in [3.8, 4) is 0 Å². The summed E-state index contributed by atoms with van der Waals surface area (Å²) >= 11 is 5.19. The average molecular weight is 255 g/mol. The Hall–Kier alpha value is -0.620. The van der Waals surface area contributed by atoms with Gasteiger partial charge in [0.15, 0.2) is 0 Å². The third-order valence-electron chi connectivity index (χ3n) is 1.78. The SMILES string of the molecule is CC(CCNC(=O)NC(=O)CCl)S(C)=O. The van der Waals surface area contributed by atoms with Crippen LogP contribution in [0.15, 0.2) is 0 Å². The Morgan fingerprint density at radius 3 is 2.53 bits per heavy atom. The van der Waals surface area contributed by atoms with E-state index in [1.54, 1.807) is 6.26 Å². The first kappa shape index (κ1) is 14.4. The Labute approximate surface area is 96.4 Å². The molecule has 0 saturated heterocycles. The smallest absolute Gasteiger partial charge is 0.321 e. The van der Waals surface area contributed by atoms with E-state index in [-0.39, 0.29) is 11.1 Å². The minimum absolute atomic E-state index is 0.0222. The molecule has 0 bridgehead atoms. The lowest BCUT2D eigenvalue weighted by atomic mass is 10.3. The van der Waals surface area contributed by atoms with Gasteiger partial charge in [-0.2, -0.15) is 0 Å². The van der Waals surface area contributed by atoms with Gasteiger partial charge in [-0.3, -0.25) is 14.3 Å². The van der Waals surface area contributed by atoms with Crippen molar-refractivity contribution in [1.82, 2.24) is 10.6 Å². The summed E-state index contributed by atoms with van der Waals surface area (Å²) in [5.41, 5.74) is 0. The van der Waals surface area contributed by atoms with Crippen molar-refractivity contribution < 1.29 is 13.8 Å². The van der Waals surface area contributed by atoms with Crippen LogP contribution in [0.5, 0.6) is 0 Å². The summed E-state index contributed by atoms with van der Waals surface area (Å²) in [4.78, 5) is 21.7. The third-order valence-corrected chi connectivity index (χ3v) is 3.39. The summed E-state index contributed by atoms with van der Waals surface area (Å²) in [7, 11) is -0.897. The van der Waals surface area contributed by atoms with Gasteiger partial charge in [0.25, 0.3) is 0 Å². The highest BCUT2D eigenvalue weighted by atomic mass is 35.5. The molecule has 0 spiro atoms. The summed E-state index contributed by atoms with van der Waals surface area (Å²) in [6.07, 6.45) is 2.22. The van der Waals surface area contributed by atoms with Gasteiger partial charge in [-0.15, -0.1) is 11.6 Å². The molecule has 0 aliphatic carbocycles. The van der Waals surface area contributed by atoms with E-state index in [1.807, 2.05) is 12.2 Å². The first-order valence-corrected chi connectivity index (χ1v) is 6.58. The Morgan fingerprint density at radius 2 is 2.07 bits per heavy atom. The summed E-state index contributed by atoms with van der Waals surface area (Å²) < 4.78 is 11.0. The topological polar surface area (TPSA) is 75.3 Å². The van der Waals surface area contributed by atoms with E-state index >= 15 is 0 Å². The Balaban J connectivity index is 3.64. The molecule has 5 nitrogen and oxygen atoms in total. The van der Waals surface area contributed by atoms with Gasteiger partial charge in [-0.05, 0) is 6.42 Å². The highest BCUT2D eigenvalue weighted by Gasteiger charge is 2.08. The van der Waals surface area contributed by atoms with Crippen LogP contribution in [-0.2, 0) is 15.6 Å². The number of alkyl halides is 1. The van der Waals surface area contributed by atoms with Crippen LogP contribution in [0.2, 0.25) is 0 Å². The number of carbonyl (C=O) groups is 2. The zero-order chi connectivity index (χ0) is 11.8. The van der Waals surface area contributed by atoms with Crippen molar-refractivity contribution in [3.05, 3.63) is 0 Å². The molecule has 0 saturated carbocycles. The van der Waals surface area contributed by atoms with Crippen molar-refractivity contribution in [2.75, 3.05) is 18.7 Å². The number of hydrogen-bond donors (Lipinski definition) is 2. The van der Waals surface area contributed by atoms with Gasteiger partial charge < -0.3 is 5.32 Å². The minimum Gasteiger partial charge on any atom is -0.338 e. The van der Waals surface area contributed by atoms with Gasteiger partial charge in [0, 0.05) is 28.9 Å². The second kappa shape index (κ2) is 7.64. The lowest BCUT2D eigenvalue weighted by molar-refractivity contribution is -0.117. The van der Waals surface area contributed by atoms with E-state index in [0.717, 1.165) is 0 Å². The quantitative estimate of drug-likeness (QED) is 0.689. The van der Waals surface area contributed by atoms with Gasteiger partial charge in [0.05, 0.1) is 0 Å². The molecule has 88 valence electrons. The number of imide groups is 1. The normalized spacial score (nSPS) is 14.1. The molecule has 0 aromatic carbocycles. The largest absolute Gasteiger partial charge is 0.338 e. The van der Waals surface area contributed by atoms with Gasteiger partial charge in [0.1, 0.15) is 5.88 Å². The van der Waals surface area contributed by atoms with E-state index in [9.17, 15) is 13.8 Å². The number of hydrogen-bond acceptors (Lipinski definition) is 3. The van der Waals surface area contributed by atoms with Crippen LogP contribution in [0, 0.1) is 0 Å². The van der Waals surface area contributed by atoms with Crippen LogP contribution in [0.1, 0.15) is 13.3 Å². The maximum absolute atomic E-state index is 11.0. The van der Waals surface area contributed by atoms with Gasteiger partial charge >= 0.3 is 6.03 Å². The maximum atomic E-state index is 11.0. The number of rotatable bonds is 5. The predicted molar refractivity (Wildman–Crippen MR) is 60.4 cm³/mol. The van der Waals surface area contributed by atoms with Crippen molar-refractivity contribution in [1.29, 1.82) is 0 Å². The van der Waals surface area contributed by atoms with Crippen LogP contribution in [0.3, 0.4) is 0 Å². The van der Waals surface area contributed by atoms with Gasteiger partial charge in [-0.25, -0.2) is 4.79 Å². The zero-order valence-electron chi connectivity index (χ0n) is 8.71. The zero-order valence-corrected chi connectivity index (χ0v) is 10.3. The number of urea groups is 1. The molecule has 2 N–H and O–H groups in total. The summed E-state index contributed by atoms with van der Waals surface area (Å²) in [5.74, 6) is -0.788. The molecular formula is C8H15ClN2O3S. The molecule has 0 heterocycles. The fourth-order valence-electron chi connectivity index (χ4n) is 0.759. The maximum Gasteiger partial charge on any atom is 0.321 e. The van der Waals surface area contributed by atoms with Crippen LogP contribution < -0.4 is 10.6 Å². The second-order valence-electron chi connectivity index (χ2n) is 3.04. The molecule has 2 atom stereocenters. The van der Waals surface area contributed by atoms with E-state index in [0.29, 0.717) is 13.0 Å². The van der Waals surface area contributed by atoms with Crippen LogP contribution in [-0.4, -0.2) is 40.1 Å². The number of carbonyl (C=O) groups excluding carboxylic acids is 2. The average Bonchev–Trinajstić information content (AvgIpc) is 2.17. The molecule has 15 heavy (non-hydrogen) atoms. The second-order valence-corrected chi connectivity index (χ2v) is 5.10. The summed E-state index contributed by atoms with van der Waals surface area (Å²) in [5, 5.41) is 4.53. The number of halogens is 1. The highest BCUT2D eigenvalue weighted by Crippen LogP contribution is 1.96. The lowest BCUT2D eigenvalue weighted by Gasteiger charge is -2.09. The van der Waals surface area contributed by atoms with Crippen molar-refractivity contribution in [3.63, 3.8) is 0 Å². The molecule has 0 aromatic heterocycles. The number of nitrogens with one attached hydrogen (secondary N) is 2. The van der Waals surface area contributed by atoms with Crippen LogP contribution in [0.25, 0.3) is 0 Å². The van der Waals surface area contributed by atoms with Crippen LogP contribution >= 0.6 is 11.6 Å². The fourth-order valence-corrected chi connectivity index (χ4v) is 1.28. The summed E-state index contributed by atoms with van der Waals surface area (Å²) in [6, 6.07) is -0.574.